The van der Waals surface area contributed by atoms with Crippen molar-refractivity contribution < 1.29 is 19.4 Å². The molecule has 1 atom stereocenters. The number of carboxylic acid groups (broad SMARTS) is 1. The Kier molecular flexibility index (Phi) is 5.75. The Morgan fingerprint density at radius 2 is 2.00 bits per heavy atom. The number of nitrogens with one attached hydrogen (secondary N) is 1. The lowest BCUT2D eigenvalue weighted by Gasteiger charge is -2.22. The Morgan fingerprint density at radius 1 is 1.24 bits per heavy atom. The number of aliphatic carboxylic acids is 1. The Balaban J connectivity index is 1.75. The van der Waals surface area contributed by atoms with Crippen molar-refractivity contribution in [3.63, 3.8) is 0 Å². The molecule has 0 aromatic heterocycles. The highest BCUT2D eigenvalue weighted by Crippen LogP contribution is 2.17. The molecule has 5 nitrogen and oxygen atoms in total. The average molecular weight is 291 g/mol. The van der Waals surface area contributed by atoms with Crippen LogP contribution in [0.1, 0.15) is 37.7 Å². The highest BCUT2D eigenvalue weighted by molar-refractivity contribution is 5.90. The predicted molar refractivity (Wildman–Crippen MR) is 79.2 cm³/mol. The molecule has 5 heteroatoms. The summed E-state index contributed by atoms with van der Waals surface area (Å²) < 4.78 is 5.60. The van der Waals surface area contributed by atoms with E-state index in [1.165, 1.54) is 6.42 Å². The molecule has 1 aromatic rings. The fourth-order valence-electron chi connectivity index (χ4n) is 2.43. The third-order valence-electron chi connectivity index (χ3n) is 3.56. The summed E-state index contributed by atoms with van der Waals surface area (Å²) in [6.45, 7) is 0.803. The summed E-state index contributed by atoms with van der Waals surface area (Å²) >= 11 is 0. The third kappa shape index (κ3) is 5.55. The smallest absolute Gasteiger partial charge is 0.307 e. The molecule has 1 aliphatic rings. The minimum absolute atomic E-state index is 0.00670. The van der Waals surface area contributed by atoms with Crippen molar-refractivity contribution in [2.75, 3.05) is 11.9 Å². The molecule has 1 fully saturated rings. The largest absolute Gasteiger partial charge is 0.481 e. The first-order chi connectivity index (χ1) is 10.1. The van der Waals surface area contributed by atoms with Gasteiger partial charge in [-0.3, -0.25) is 9.59 Å². The molecule has 2 rings (SSSR count). The lowest BCUT2D eigenvalue weighted by atomic mass is 10.0. The van der Waals surface area contributed by atoms with Gasteiger partial charge in [0.15, 0.2) is 0 Å². The van der Waals surface area contributed by atoms with Crippen LogP contribution in [0.5, 0.6) is 0 Å². The van der Waals surface area contributed by atoms with Gasteiger partial charge in [0, 0.05) is 18.7 Å². The lowest BCUT2D eigenvalue weighted by molar-refractivity contribution is -0.136. The molecule has 0 aliphatic carbocycles. The van der Waals surface area contributed by atoms with Gasteiger partial charge in [0.2, 0.25) is 5.91 Å². The number of anilines is 1. The molecule has 1 aliphatic heterocycles. The molecule has 1 aromatic carbocycles. The zero-order valence-electron chi connectivity index (χ0n) is 12.0. The van der Waals surface area contributed by atoms with E-state index in [-0.39, 0.29) is 18.4 Å². The fraction of sp³-hybridized carbons (Fsp3) is 0.500. The van der Waals surface area contributed by atoms with Gasteiger partial charge in [-0.05, 0) is 43.4 Å². The SMILES string of the molecule is O=C(O)Cc1ccc(NC(=O)CCC2CCCCO2)cc1. The van der Waals surface area contributed by atoms with Gasteiger partial charge in [-0.1, -0.05) is 12.1 Å². The lowest BCUT2D eigenvalue weighted by Crippen LogP contribution is -2.21. The zero-order valence-corrected chi connectivity index (χ0v) is 12.0. The van der Waals surface area contributed by atoms with E-state index in [0.717, 1.165) is 31.4 Å². The van der Waals surface area contributed by atoms with E-state index < -0.39 is 5.97 Å². The van der Waals surface area contributed by atoms with Crippen LogP contribution in [0.3, 0.4) is 0 Å². The van der Waals surface area contributed by atoms with Crippen molar-refractivity contribution in [3.8, 4) is 0 Å². The maximum atomic E-state index is 11.9. The first kappa shape index (κ1) is 15.5. The van der Waals surface area contributed by atoms with Crippen molar-refractivity contribution in [3.05, 3.63) is 29.8 Å². The first-order valence-corrected chi connectivity index (χ1v) is 7.35. The Morgan fingerprint density at radius 3 is 2.62 bits per heavy atom. The second kappa shape index (κ2) is 7.78. The third-order valence-corrected chi connectivity index (χ3v) is 3.56. The van der Waals surface area contributed by atoms with Crippen LogP contribution in [0.2, 0.25) is 0 Å². The van der Waals surface area contributed by atoms with Crippen molar-refractivity contribution in [1.82, 2.24) is 0 Å². The number of benzene rings is 1. The monoisotopic (exact) mass is 291 g/mol. The van der Waals surface area contributed by atoms with Crippen LogP contribution in [0.4, 0.5) is 5.69 Å². The number of carbonyl (C=O) groups excluding carboxylic acids is 1. The molecule has 21 heavy (non-hydrogen) atoms. The molecular weight excluding hydrogens is 270 g/mol. The van der Waals surface area contributed by atoms with Crippen LogP contribution in [-0.2, 0) is 20.7 Å². The summed E-state index contributed by atoms with van der Waals surface area (Å²) in [5, 5.41) is 11.5. The molecule has 0 radical (unpaired) electrons. The van der Waals surface area contributed by atoms with Crippen LogP contribution in [-0.4, -0.2) is 29.7 Å². The summed E-state index contributed by atoms with van der Waals surface area (Å²) in [4.78, 5) is 22.4. The second-order valence-corrected chi connectivity index (χ2v) is 5.34. The molecular formula is C16H21NO4. The maximum absolute atomic E-state index is 11.9. The van der Waals surface area contributed by atoms with Gasteiger partial charge >= 0.3 is 5.97 Å². The molecule has 1 amide bonds. The molecule has 1 saturated heterocycles. The van der Waals surface area contributed by atoms with Crippen molar-refractivity contribution in [2.45, 2.75) is 44.6 Å². The van der Waals surface area contributed by atoms with Crippen molar-refractivity contribution >= 4 is 17.6 Å². The highest BCUT2D eigenvalue weighted by atomic mass is 16.5. The van der Waals surface area contributed by atoms with Gasteiger partial charge in [0.1, 0.15) is 0 Å². The minimum atomic E-state index is -0.862. The van der Waals surface area contributed by atoms with E-state index in [1.807, 2.05) is 0 Å². The van der Waals surface area contributed by atoms with Gasteiger partial charge in [0.05, 0.1) is 12.5 Å². The normalized spacial score (nSPS) is 18.2. The topological polar surface area (TPSA) is 75.6 Å². The van der Waals surface area contributed by atoms with Gasteiger partial charge < -0.3 is 15.2 Å². The summed E-state index contributed by atoms with van der Waals surface area (Å²) in [5.41, 5.74) is 1.41. The summed E-state index contributed by atoms with van der Waals surface area (Å²) in [7, 11) is 0. The van der Waals surface area contributed by atoms with Crippen LogP contribution < -0.4 is 5.32 Å². The average Bonchev–Trinajstić information content (AvgIpc) is 2.48. The van der Waals surface area contributed by atoms with Gasteiger partial charge in [0.25, 0.3) is 0 Å². The van der Waals surface area contributed by atoms with E-state index in [1.54, 1.807) is 24.3 Å². The Hall–Kier alpha value is -1.88. The predicted octanol–water partition coefficient (Wildman–Crippen LogP) is 2.60. The minimum Gasteiger partial charge on any atom is -0.481 e. The Bertz CT molecular complexity index is 478. The number of carbonyl (C=O) groups is 2. The number of hydrogen-bond donors (Lipinski definition) is 2. The van der Waals surface area contributed by atoms with E-state index in [0.29, 0.717) is 12.1 Å². The number of carboxylic acids is 1. The van der Waals surface area contributed by atoms with E-state index >= 15 is 0 Å². The molecule has 0 saturated carbocycles. The standard InChI is InChI=1S/C16H21NO4/c18-15(9-8-14-3-1-2-10-21-14)17-13-6-4-12(5-7-13)11-16(19)20/h4-7,14H,1-3,8-11H2,(H,17,18)(H,19,20). The number of hydrogen-bond acceptors (Lipinski definition) is 3. The highest BCUT2D eigenvalue weighted by Gasteiger charge is 2.15. The molecule has 1 heterocycles. The summed E-state index contributed by atoms with van der Waals surface area (Å²) in [5.74, 6) is -0.894. The van der Waals surface area contributed by atoms with Crippen LogP contribution in [0, 0.1) is 0 Å². The molecule has 1 unspecified atom stereocenters. The zero-order chi connectivity index (χ0) is 15.1. The Labute approximate surface area is 124 Å². The number of amides is 1. The number of rotatable bonds is 6. The van der Waals surface area contributed by atoms with Crippen molar-refractivity contribution in [1.29, 1.82) is 0 Å². The van der Waals surface area contributed by atoms with E-state index in [4.69, 9.17) is 9.84 Å². The van der Waals surface area contributed by atoms with Gasteiger partial charge in [-0.2, -0.15) is 0 Å². The first-order valence-electron chi connectivity index (χ1n) is 7.35. The fourth-order valence-corrected chi connectivity index (χ4v) is 2.43. The molecule has 2 N–H and O–H groups in total. The molecule has 0 spiro atoms. The van der Waals surface area contributed by atoms with Gasteiger partial charge in [-0.25, -0.2) is 0 Å². The van der Waals surface area contributed by atoms with Crippen LogP contribution in [0.15, 0.2) is 24.3 Å². The molecule has 0 bridgehead atoms. The van der Waals surface area contributed by atoms with E-state index in [9.17, 15) is 9.59 Å². The summed E-state index contributed by atoms with van der Waals surface area (Å²) in [6, 6.07) is 6.89. The second-order valence-electron chi connectivity index (χ2n) is 5.34. The van der Waals surface area contributed by atoms with E-state index in [2.05, 4.69) is 5.32 Å². The number of ether oxygens (including phenoxy) is 1. The van der Waals surface area contributed by atoms with Crippen molar-refractivity contribution in [2.24, 2.45) is 0 Å². The molecule has 114 valence electrons. The van der Waals surface area contributed by atoms with Crippen LogP contribution in [0.25, 0.3) is 0 Å². The maximum Gasteiger partial charge on any atom is 0.307 e. The quantitative estimate of drug-likeness (QED) is 0.844. The summed E-state index contributed by atoms with van der Waals surface area (Å²) in [6.07, 6.45) is 4.74. The van der Waals surface area contributed by atoms with Gasteiger partial charge in [-0.15, -0.1) is 0 Å². The van der Waals surface area contributed by atoms with Crippen LogP contribution >= 0.6 is 0 Å².